The van der Waals surface area contributed by atoms with Crippen molar-refractivity contribution in [1.29, 1.82) is 0 Å². The summed E-state index contributed by atoms with van der Waals surface area (Å²) in [5, 5.41) is 0. The molecule has 1 fully saturated rings. The van der Waals surface area contributed by atoms with Gasteiger partial charge in [-0.2, -0.15) is 0 Å². The summed E-state index contributed by atoms with van der Waals surface area (Å²) in [7, 11) is 3.52. The Hall–Kier alpha value is -2.49. The predicted molar refractivity (Wildman–Crippen MR) is 112 cm³/mol. The van der Waals surface area contributed by atoms with E-state index in [-0.39, 0.29) is 11.9 Å². The molecule has 1 saturated carbocycles. The number of carbonyl (C=O) groups is 1. The first-order valence-corrected chi connectivity index (χ1v) is 10.2. The number of benzene rings is 2. The number of aryl methyl sites for hydroxylation is 1. The van der Waals surface area contributed by atoms with Crippen molar-refractivity contribution in [1.82, 2.24) is 4.90 Å². The molecule has 0 saturated heterocycles. The van der Waals surface area contributed by atoms with Gasteiger partial charge in [0.1, 0.15) is 11.5 Å². The Kier molecular flexibility index (Phi) is 6.96. The minimum Gasteiger partial charge on any atom is -0.496 e. The van der Waals surface area contributed by atoms with Crippen molar-refractivity contribution in [2.24, 2.45) is 0 Å². The minimum absolute atomic E-state index is 0.0410. The quantitative estimate of drug-likeness (QED) is 0.633. The minimum atomic E-state index is -0.0410. The average molecular weight is 382 g/mol. The molecule has 150 valence electrons. The third-order valence-electron chi connectivity index (χ3n) is 5.69. The van der Waals surface area contributed by atoms with Gasteiger partial charge >= 0.3 is 0 Å². The van der Waals surface area contributed by atoms with Crippen LogP contribution in [0.25, 0.3) is 0 Å². The first kappa shape index (κ1) is 20.2. The molecule has 2 aromatic carbocycles. The molecule has 1 aliphatic rings. The molecule has 1 atom stereocenters. The second-order valence-corrected chi connectivity index (χ2v) is 7.59. The molecule has 1 aliphatic carbocycles. The van der Waals surface area contributed by atoms with Crippen LogP contribution in [0.5, 0.6) is 11.5 Å². The molecule has 0 aromatic heterocycles. The Bertz CT molecular complexity index is 783. The van der Waals surface area contributed by atoms with Crippen molar-refractivity contribution < 1.29 is 14.3 Å². The lowest BCUT2D eigenvalue weighted by Crippen LogP contribution is -2.30. The molecule has 4 heteroatoms. The molecular formula is C24H31NO3. The number of ether oxygens (including phenoxy) is 2. The van der Waals surface area contributed by atoms with Crippen molar-refractivity contribution in [2.45, 2.75) is 57.6 Å². The second kappa shape index (κ2) is 9.63. The zero-order chi connectivity index (χ0) is 19.9. The topological polar surface area (TPSA) is 38.8 Å². The number of nitrogens with zero attached hydrogens (tertiary/aromatic N) is 1. The molecule has 2 aromatic rings. The van der Waals surface area contributed by atoms with E-state index in [0.717, 1.165) is 35.5 Å². The lowest BCUT2D eigenvalue weighted by atomic mass is 10.0. The Morgan fingerprint density at radius 1 is 1.14 bits per heavy atom. The summed E-state index contributed by atoms with van der Waals surface area (Å²) in [5.41, 5.74) is 2.16. The van der Waals surface area contributed by atoms with Crippen LogP contribution < -0.4 is 9.47 Å². The third kappa shape index (κ3) is 5.06. The molecule has 0 radical (unpaired) electrons. The van der Waals surface area contributed by atoms with Gasteiger partial charge in [-0.05, 0) is 62.8 Å². The van der Waals surface area contributed by atoms with E-state index in [9.17, 15) is 4.79 Å². The van der Waals surface area contributed by atoms with Gasteiger partial charge in [0.15, 0.2) is 0 Å². The first-order chi connectivity index (χ1) is 13.6. The monoisotopic (exact) mass is 381 g/mol. The van der Waals surface area contributed by atoms with E-state index in [4.69, 9.17) is 9.47 Å². The Balaban J connectivity index is 1.57. The zero-order valence-electron chi connectivity index (χ0n) is 17.2. The van der Waals surface area contributed by atoms with E-state index >= 15 is 0 Å². The summed E-state index contributed by atoms with van der Waals surface area (Å²) in [6, 6.07) is 16.0. The van der Waals surface area contributed by atoms with Crippen molar-refractivity contribution in [3.8, 4) is 11.5 Å². The van der Waals surface area contributed by atoms with E-state index in [0.29, 0.717) is 18.9 Å². The predicted octanol–water partition coefficient (Wildman–Crippen LogP) is 5.17. The highest BCUT2D eigenvalue weighted by Gasteiger charge is 2.20. The fourth-order valence-electron chi connectivity index (χ4n) is 3.84. The van der Waals surface area contributed by atoms with Gasteiger partial charge in [0.05, 0.1) is 19.3 Å². The van der Waals surface area contributed by atoms with Crippen molar-refractivity contribution in [2.75, 3.05) is 14.2 Å². The Morgan fingerprint density at radius 2 is 1.89 bits per heavy atom. The van der Waals surface area contributed by atoms with Crippen LogP contribution in [-0.2, 0) is 11.2 Å². The third-order valence-corrected chi connectivity index (χ3v) is 5.69. The number of methoxy groups -OCH3 is 1. The lowest BCUT2D eigenvalue weighted by Gasteiger charge is -2.26. The molecule has 0 heterocycles. The summed E-state index contributed by atoms with van der Waals surface area (Å²) in [4.78, 5) is 14.6. The van der Waals surface area contributed by atoms with E-state index in [1.54, 1.807) is 12.0 Å². The van der Waals surface area contributed by atoms with Crippen LogP contribution in [0.1, 0.15) is 56.2 Å². The number of carbonyl (C=O) groups excluding carboxylic acids is 1. The molecule has 28 heavy (non-hydrogen) atoms. The van der Waals surface area contributed by atoms with Gasteiger partial charge in [0.2, 0.25) is 5.91 Å². The highest BCUT2D eigenvalue weighted by molar-refractivity contribution is 5.76. The van der Waals surface area contributed by atoms with Gasteiger partial charge in [0, 0.05) is 19.0 Å². The molecule has 0 aliphatic heterocycles. The van der Waals surface area contributed by atoms with Crippen LogP contribution in [0.15, 0.2) is 48.5 Å². The fourth-order valence-corrected chi connectivity index (χ4v) is 3.84. The molecule has 0 spiro atoms. The molecule has 4 nitrogen and oxygen atoms in total. The molecule has 1 unspecified atom stereocenters. The maximum absolute atomic E-state index is 12.7. The summed E-state index contributed by atoms with van der Waals surface area (Å²) < 4.78 is 11.5. The van der Waals surface area contributed by atoms with Crippen LogP contribution in [-0.4, -0.2) is 31.1 Å². The molecule has 1 amide bonds. The number of hydrogen-bond acceptors (Lipinski definition) is 3. The number of hydrogen-bond donors (Lipinski definition) is 0. The van der Waals surface area contributed by atoms with E-state index < -0.39 is 0 Å². The smallest absolute Gasteiger partial charge is 0.223 e. The average Bonchev–Trinajstić information content (AvgIpc) is 3.24. The largest absolute Gasteiger partial charge is 0.496 e. The van der Waals surface area contributed by atoms with E-state index in [1.165, 1.54) is 12.8 Å². The second-order valence-electron chi connectivity index (χ2n) is 7.59. The fraction of sp³-hybridized carbons (Fsp3) is 0.458. The summed E-state index contributed by atoms with van der Waals surface area (Å²) >= 11 is 0. The van der Waals surface area contributed by atoms with Gasteiger partial charge in [-0.25, -0.2) is 0 Å². The van der Waals surface area contributed by atoms with Crippen LogP contribution in [0.3, 0.4) is 0 Å². The van der Waals surface area contributed by atoms with Crippen LogP contribution >= 0.6 is 0 Å². The number of para-hydroxylation sites is 1. The summed E-state index contributed by atoms with van der Waals surface area (Å²) in [6.45, 7) is 2.03. The van der Waals surface area contributed by atoms with E-state index in [2.05, 4.69) is 12.1 Å². The standard InChI is InChI=1S/C24H31NO3/c1-18(22-13-6-7-14-23(22)27-3)25(2)24(26)16-15-19-9-8-12-21(17-19)28-20-10-4-5-11-20/h6-9,12-14,17-18,20H,4-5,10-11,15-16H2,1-3H3. The highest BCUT2D eigenvalue weighted by Crippen LogP contribution is 2.29. The first-order valence-electron chi connectivity index (χ1n) is 10.2. The Labute approximate surface area is 168 Å². The highest BCUT2D eigenvalue weighted by atomic mass is 16.5. The summed E-state index contributed by atoms with van der Waals surface area (Å²) in [5.74, 6) is 1.86. The molecule has 0 bridgehead atoms. The van der Waals surface area contributed by atoms with E-state index in [1.807, 2.05) is 50.4 Å². The van der Waals surface area contributed by atoms with Gasteiger partial charge in [0.25, 0.3) is 0 Å². The van der Waals surface area contributed by atoms with Crippen molar-refractivity contribution >= 4 is 5.91 Å². The van der Waals surface area contributed by atoms with Crippen molar-refractivity contribution in [3.05, 3.63) is 59.7 Å². The van der Waals surface area contributed by atoms with Gasteiger partial charge in [-0.15, -0.1) is 0 Å². The maximum Gasteiger partial charge on any atom is 0.223 e. The molecule has 0 N–H and O–H groups in total. The Morgan fingerprint density at radius 3 is 2.64 bits per heavy atom. The zero-order valence-corrected chi connectivity index (χ0v) is 17.2. The normalized spacial score (nSPS) is 15.2. The van der Waals surface area contributed by atoms with Crippen LogP contribution in [0.2, 0.25) is 0 Å². The van der Waals surface area contributed by atoms with Crippen LogP contribution in [0, 0.1) is 0 Å². The number of rotatable bonds is 8. The SMILES string of the molecule is COc1ccccc1C(C)N(C)C(=O)CCc1cccc(OC2CCCC2)c1. The number of amides is 1. The van der Waals surface area contributed by atoms with Gasteiger partial charge in [-0.3, -0.25) is 4.79 Å². The molecule has 3 rings (SSSR count). The summed E-state index contributed by atoms with van der Waals surface area (Å²) in [6.07, 6.45) is 6.35. The molecular weight excluding hydrogens is 350 g/mol. The van der Waals surface area contributed by atoms with Crippen LogP contribution in [0.4, 0.5) is 0 Å². The van der Waals surface area contributed by atoms with Gasteiger partial charge in [-0.1, -0.05) is 30.3 Å². The maximum atomic E-state index is 12.7. The van der Waals surface area contributed by atoms with Crippen molar-refractivity contribution in [3.63, 3.8) is 0 Å². The lowest BCUT2D eigenvalue weighted by molar-refractivity contribution is -0.131. The van der Waals surface area contributed by atoms with Gasteiger partial charge < -0.3 is 14.4 Å².